The van der Waals surface area contributed by atoms with E-state index in [-0.39, 0.29) is 6.54 Å². The van der Waals surface area contributed by atoms with E-state index >= 15 is 0 Å². The Morgan fingerprint density at radius 1 is 1.24 bits per heavy atom. The fourth-order valence-electron chi connectivity index (χ4n) is 2.89. The van der Waals surface area contributed by atoms with Crippen LogP contribution in [0.3, 0.4) is 0 Å². The number of nitrogens with zero attached hydrogens (tertiary/aromatic N) is 2. The van der Waals surface area contributed by atoms with Crippen molar-refractivity contribution in [2.24, 2.45) is 0 Å². The lowest BCUT2D eigenvalue weighted by Gasteiger charge is -2.28. The summed E-state index contributed by atoms with van der Waals surface area (Å²) in [6.07, 6.45) is -3.62. The topological polar surface area (TPSA) is 26.7 Å². The Hall–Kier alpha value is -0.330. The zero-order chi connectivity index (χ0) is 12.6. The predicted molar refractivity (Wildman–Crippen MR) is 57.7 cm³/mol. The molecule has 2 aliphatic rings. The molecule has 3 nitrogen and oxygen atoms in total. The number of fused-ring (bicyclic) bond motifs is 2. The number of hydrogen-bond donors (Lipinski definition) is 1. The van der Waals surface area contributed by atoms with E-state index in [0.717, 1.165) is 19.3 Å². The number of halogens is 3. The summed E-state index contributed by atoms with van der Waals surface area (Å²) in [5.41, 5.74) is 0. The van der Waals surface area contributed by atoms with Crippen LogP contribution in [0.1, 0.15) is 19.3 Å². The van der Waals surface area contributed by atoms with E-state index in [9.17, 15) is 13.2 Å². The minimum absolute atomic E-state index is 0.291. The lowest BCUT2D eigenvalue weighted by molar-refractivity contribution is -0.208. The number of alkyl halides is 3. The molecule has 0 saturated carbocycles. The number of likely N-dealkylation sites (tertiary alicyclic amines) is 1. The van der Waals surface area contributed by atoms with Crippen LogP contribution in [0, 0.1) is 0 Å². The van der Waals surface area contributed by atoms with Gasteiger partial charge in [0.05, 0.1) is 0 Å². The van der Waals surface area contributed by atoms with E-state index < -0.39 is 12.3 Å². The lowest BCUT2D eigenvalue weighted by Crippen LogP contribution is -2.44. The highest BCUT2D eigenvalue weighted by Crippen LogP contribution is 2.29. The van der Waals surface area contributed by atoms with Gasteiger partial charge in [-0.1, -0.05) is 0 Å². The first-order valence-corrected chi connectivity index (χ1v) is 6.07. The van der Waals surface area contributed by atoms with Crippen molar-refractivity contribution in [1.29, 1.82) is 0 Å². The Balaban J connectivity index is 1.91. The zero-order valence-electron chi connectivity index (χ0n) is 9.95. The van der Waals surface area contributed by atoms with Gasteiger partial charge in [-0.2, -0.15) is 13.2 Å². The molecular weight excluding hydrogens is 233 g/mol. The molecule has 100 valence electrons. The van der Waals surface area contributed by atoms with Crippen LogP contribution < -0.4 is 0 Å². The van der Waals surface area contributed by atoms with E-state index in [2.05, 4.69) is 4.90 Å². The highest BCUT2D eigenvalue weighted by Gasteiger charge is 2.41. The molecule has 0 aliphatic carbocycles. The molecule has 3 unspecified atom stereocenters. The minimum atomic E-state index is -4.50. The largest absolute Gasteiger partial charge is 0.415 e. The molecule has 2 aliphatic heterocycles. The standard InChI is InChI=1S/C11H19F3N2O/c1-15-8-2-3-9(15)6-16(5-4-8)7-10(17)11(12,13)14/h8-10,17H,2-7H2,1H3. The van der Waals surface area contributed by atoms with Crippen LogP contribution >= 0.6 is 0 Å². The highest BCUT2D eigenvalue weighted by molar-refractivity contribution is 4.91. The molecule has 3 atom stereocenters. The molecule has 0 aromatic carbocycles. The fraction of sp³-hybridized carbons (Fsp3) is 1.00. The van der Waals surface area contributed by atoms with Crippen molar-refractivity contribution in [3.05, 3.63) is 0 Å². The summed E-state index contributed by atoms with van der Waals surface area (Å²) < 4.78 is 36.8. The number of hydrogen-bond acceptors (Lipinski definition) is 3. The molecule has 2 rings (SSSR count). The molecule has 0 aromatic heterocycles. The summed E-state index contributed by atoms with van der Waals surface area (Å²) in [5.74, 6) is 0. The predicted octanol–water partition coefficient (Wildman–Crippen LogP) is 1.08. The normalized spacial score (nSPS) is 33.7. The van der Waals surface area contributed by atoms with Crippen LogP contribution in [-0.4, -0.2) is 66.0 Å². The Labute approximate surface area is 99.2 Å². The van der Waals surface area contributed by atoms with E-state index in [0.29, 0.717) is 25.2 Å². The Morgan fingerprint density at radius 3 is 2.53 bits per heavy atom. The maximum absolute atomic E-state index is 12.3. The number of aliphatic hydroxyl groups is 1. The van der Waals surface area contributed by atoms with Crippen molar-refractivity contribution >= 4 is 0 Å². The molecule has 0 radical (unpaired) electrons. The van der Waals surface area contributed by atoms with Crippen molar-refractivity contribution in [2.75, 3.05) is 26.7 Å². The van der Waals surface area contributed by atoms with Gasteiger partial charge in [-0.05, 0) is 32.9 Å². The van der Waals surface area contributed by atoms with Crippen LogP contribution in [0.4, 0.5) is 13.2 Å². The second kappa shape index (κ2) is 4.74. The molecule has 2 heterocycles. The Bertz CT molecular complexity index is 272. The second-order valence-corrected chi connectivity index (χ2v) is 5.16. The maximum Gasteiger partial charge on any atom is 0.415 e. The summed E-state index contributed by atoms with van der Waals surface area (Å²) >= 11 is 0. The third-order valence-corrected chi connectivity index (χ3v) is 4.04. The summed E-state index contributed by atoms with van der Waals surface area (Å²) in [6.45, 7) is 0.999. The maximum atomic E-state index is 12.3. The third kappa shape index (κ3) is 2.92. The summed E-state index contributed by atoms with van der Waals surface area (Å²) in [7, 11) is 2.05. The first kappa shape index (κ1) is 13.1. The van der Waals surface area contributed by atoms with Gasteiger partial charge in [-0.3, -0.25) is 9.80 Å². The van der Waals surface area contributed by atoms with E-state index in [4.69, 9.17) is 5.11 Å². The van der Waals surface area contributed by atoms with E-state index in [1.54, 1.807) is 4.90 Å². The molecule has 6 heteroatoms. The minimum Gasteiger partial charge on any atom is -0.382 e. The van der Waals surface area contributed by atoms with Crippen molar-refractivity contribution in [2.45, 2.75) is 43.6 Å². The smallest absolute Gasteiger partial charge is 0.382 e. The quantitative estimate of drug-likeness (QED) is 0.796. The van der Waals surface area contributed by atoms with Gasteiger partial charge in [-0.15, -0.1) is 0 Å². The number of likely N-dealkylation sites (N-methyl/N-ethyl adjacent to an activating group) is 1. The van der Waals surface area contributed by atoms with Gasteiger partial charge in [0.15, 0.2) is 6.10 Å². The van der Waals surface area contributed by atoms with Gasteiger partial charge < -0.3 is 5.11 Å². The lowest BCUT2D eigenvalue weighted by atomic mass is 10.1. The number of β-amino-alcohol motifs (C(OH)–C–C–N with tert-alkyl or cyclic N) is 1. The van der Waals surface area contributed by atoms with Crippen molar-refractivity contribution in [3.8, 4) is 0 Å². The first-order valence-electron chi connectivity index (χ1n) is 6.07. The molecule has 17 heavy (non-hydrogen) atoms. The Morgan fingerprint density at radius 2 is 1.88 bits per heavy atom. The second-order valence-electron chi connectivity index (χ2n) is 5.16. The van der Waals surface area contributed by atoms with E-state index in [1.807, 2.05) is 7.05 Å². The van der Waals surface area contributed by atoms with Crippen molar-refractivity contribution < 1.29 is 18.3 Å². The summed E-state index contributed by atoms with van der Waals surface area (Å²) in [5, 5.41) is 9.09. The summed E-state index contributed by atoms with van der Waals surface area (Å²) in [6, 6.07) is 0.857. The van der Waals surface area contributed by atoms with Crippen molar-refractivity contribution in [1.82, 2.24) is 9.80 Å². The number of aliphatic hydroxyl groups excluding tert-OH is 1. The van der Waals surface area contributed by atoms with Gasteiger partial charge in [0, 0.05) is 25.2 Å². The molecule has 0 amide bonds. The van der Waals surface area contributed by atoms with Crippen LogP contribution in [0.15, 0.2) is 0 Å². The van der Waals surface area contributed by atoms with E-state index in [1.165, 1.54) is 0 Å². The molecule has 2 saturated heterocycles. The highest BCUT2D eigenvalue weighted by atomic mass is 19.4. The van der Waals surface area contributed by atoms with Gasteiger partial charge in [-0.25, -0.2) is 0 Å². The van der Waals surface area contributed by atoms with Gasteiger partial charge >= 0.3 is 6.18 Å². The molecular formula is C11H19F3N2O. The Kier molecular flexibility index (Phi) is 3.66. The van der Waals surface area contributed by atoms with Crippen LogP contribution in [0.2, 0.25) is 0 Å². The van der Waals surface area contributed by atoms with Gasteiger partial charge in [0.1, 0.15) is 0 Å². The SMILES string of the molecule is CN1C2CCC1CN(CC(O)C(F)(F)F)CC2. The molecule has 2 fully saturated rings. The fourth-order valence-corrected chi connectivity index (χ4v) is 2.89. The average Bonchev–Trinajstić information content (AvgIpc) is 2.44. The third-order valence-electron chi connectivity index (χ3n) is 4.04. The van der Waals surface area contributed by atoms with Gasteiger partial charge in [0.25, 0.3) is 0 Å². The van der Waals surface area contributed by atoms with Crippen LogP contribution in [-0.2, 0) is 0 Å². The number of rotatable bonds is 2. The first-order chi connectivity index (χ1) is 7.88. The molecule has 0 spiro atoms. The van der Waals surface area contributed by atoms with Gasteiger partial charge in [0.2, 0.25) is 0 Å². The van der Waals surface area contributed by atoms with Crippen molar-refractivity contribution in [3.63, 3.8) is 0 Å². The van der Waals surface area contributed by atoms with Crippen LogP contribution in [0.25, 0.3) is 0 Å². The molecule has 1 N–H and O–H groups in total. The molecule has 2 bridgehead atoms. The zero-order valence-corrected chi connectivity index (χ0v) is 9.95. The monoisotopic (exact) mass is 252 g/mol. The van der Waals surface area contributed by atoms with Crippen LogP contribution in [0.5, 0.6) is 0 Å². The summed E-state index contributed by atoms with van der Waals surface area (Å²) in [4.78, 5) is 4.03. The molecule has 0 aromatic rings. The average molecular weight is 252 g/mol.